The molecule has 1 heterocycles. The first-order valence-corrected chi connectivity index (χ1v) is 3.79. The Morgan fingerprint density at radius 1 is 1.55 bits per heavy atom. The summed E-state index contributed by atoms with van der Waals surface area (Å²) in [6, 6.07) is 3.76. The van der Waals surface area contributed by atoms with Crippen LogP contribution in [0.4, 0.5) is 0 Å². The van der Waals surface area contributed by atoms with Crippen molar-refractivity contribution in [2.24, 2.45) is 0 Å². The van der Waals surface area contributed by atoms with Gasteiger partial charge in [0.2, 0.25) is 0 Å². The number of aliphatic hydroxyl groups is 1. The molecular formula is C9H13NO. The number of rotatable bonds is 2. The summed E-state index contributed by atoms with van der Waals surface area (Å²) in [6.45, 7) is 4.27. The summed E-state index contributed by atoms with van der Waals surface area (Å²) >= 11 is 0. The molecule has 0 bridgehead atoms. The van der Waals surface area contributed by atoms with E-state index in [0.29, 0.717) is 5.92 Å². The molecule has 1 rings (SSSR count). The van der Waals surface area contributed by atoms with E-state index in [1.54, 1.807) is 6.20 Å². The van der Waals surface area contributed by atoms with Crippen LogP contribution in [-0.4, -0.2) is 10.1 Å². The predicted molar refractivity (Wildman–Crippen MR) is 44.2 cm³/mol. The zero-order valence-corrected chi connectivity index (χ0v) is 6.91. The van der Waals surface area contributed by atoms with Gasteiger partial charge < -0.3 is 5.11 Å². The van der Waals surface area contributed by atoms with Crippen LogP contribution < -0.4 is 0 Å². The van der Waals surface area contributed by atoms with Crippen LogP contribution in [0.5, 0.6) is 0 Å². The molecule has 0 radical (unpaired) electrons. The molecule has 2 heteroatoms. The van der Waals surface area contributed by atoms with Gasteiger partial charge in [0.25, 0.3) is 0 Å². The number of pyridine rings is 1. The Morgan fingerprint density at radius 2 is 2.27 bits per heavy atom. The van der Waals surface area contributed by atoms with Crippen molar-refractivity contribution in [3.63, 3.8) is 0 Å². The smallest absolute Gasteiger partial charge is 0.0683 e. The molecule has 1 aromatic heterocycles. The number of aromatic nitrogens is 1. The molecule has 0 aliphatic carbocycles. The summed E-state index contributed by atoms with van der Waals surface area (Å²) < 4.78 is 0. The summed E-state index contributed by atoms with van der Waals surface area (Å²) in [7, 11) is 0. The van der Waals surface area contributed by atoms with Gasteiger partial charge in [-0.2, -0.15) is 0 Å². The Morgan fingerprint density at radius 3 is 2.82 bits per heavy atom. The Labute approximate surface area is 66.9 Å². The van der Waals surface area contributed by atoms with Gasteiger partial charge in [0.05, 0.1) is 6.61 Å². The van der Waals surface area contributed by atoms with Gasteiger partial charge >= 0.3 is 0 Å². The summed E-state index contributed by atoms with van der Waals surface area (Å²) in [6.07, 6.45) is 1.74. The Balaban J connectivity index is 2.91. The molecule has 11 heavy (non-hydrogen) atoms. The molecule has 0 unspecified atom stereocenters. The fourth-order valence-electron chi connectivity index (χ4n) is 0.908. The highest BCUT2D eigenvalue weighted by Crippen LogP contribution is 2.11. The fourth-order valence-corrected chi connectivity index (χ4v) is 0.908. The molecule has 0 saturated heterocycles. The van der Waals surface area contributed by atoms with Crippen LogP contribution in [0.1, 0.15) is 31.0 Å². The van der Waals surface area contributed by atoms with Crippen LogP contribution >= 0.6 is 0 Å². The number of hydrogen-bond acceptors (Lipinski definition) is 2. The van der Waals surface area contributed by atoms with E-state index in [-0.39, 0.29) is 6.61 Å². The normalized spacial score (nSPS) is 10.5. The summed E-state index contributed by atoms with van der Waals surface area (Å²) in [5, 5.41) is 8.82. The average molecular weight is 151 g/mol. The average Bonchev–Trinajstić information content (AvgIpc) is 2.05. The number of hydrogen-bond donors (Lipinski definition) is 1. The van der Waals surface area contributed by atoms with E-state index in [1.807, 2.05) is 12.1 Å². The molecule has 60 valence electrons. The molecular weight excluding hydrogens is 138 g/mol. The van der Waals surface area contributed by atoms with Crippen molar-refractivity contribution < 1.29 is 5.11 Å². The Bertz CT molecular complexity index is 233. The van der Waals surface area contributed by atoms with Crippen molar-refractivity contribution in [3.05, 3.63) is 29.6 Å². The van der Waals surface area contributed by atoms with Crippen LogP contribution in [0, 0.1) is 0 Å². The van der Waals surface area contributed by atoms with Crippen molar-refractivity contribution in [3.8, 4) is 0 Å². The SMILES string of the molecule is CC(C)c1cc(CO)ccn1. The van der Waals surface area contributed by atoms with Gasteiger partial charge in [-0.25, -0.2) is 0 Å². The molecule has 2 nitrogen and oxygen atoms in total. The molecule has 0 aliphatic rings. The molecule has 0 amide bonds. The second-order valence-electron chi connectivity index (χ2n) is 2.90. The summed E-state index contributed by atoms with van der Waals surface area (Å²) in [5.41, 5.74) is 1.97. The van der Waals surface area contributed by atoms with E-state index < -0.39 is 0 Å². The first-order valence-electron chi connectivity index (χ1n) is 3.79. The zero-order valence-electron chi connectivity index (χ0n) is 6.91. The molecule has 1 aromatic rings. The van der Waals surface area contributed by atoms with Crippen LogP contribution in [0.2, 0.25) is 0 Å². The monoisotopic (exact) mass is 151 g/mol. The highest BCUT2D eigenvalue weighted by molar-refractivity contribution is 5.17. The molecule has 0 atom stereocenters. The first kappa shape index (κ1) is 8.21. The predicted octanol–water partition coefficient (Wildman–Crippen LogP) is 1.70. The van der Waals surface area contributed by atoms with Gasteiger partial charge in [0, 0.05) is 11.9 Å². The van der Waals surface area contributed by atoms with Crippen molar-refractivity contribution >= 4 is 0 Å². The third-order valence-corrected chi connectivity index (χ3v) is 1.62. The summed E-state index contributed by atoms with van der Waals surface area (Å²) in [4.78, 5) is 4.18. The van der Waals surface area contributed by atoms with E-state index in [9.17, 15) is 0 Å². The topological polar surface area (TPSA) is 33.1 Å². The van der Waals surface area contributed by atoms with E-state index in [1.165, 1.54) is 0 Å². The van der Waals surface area contributed by atoms with Gasteiger partial charge in [-0.1, -0.05) is 13.8 Å². The number of aliphatic hydroxyl groups excluding tert-OH is 1. The quantitative estimate of drug-likeness (QED) is 0.697. The fraction of sp³-hybridized carbons (Fsp3) is 0.444. The van der Waals surface area contributed by atoms with Gasteiger partial charge in [0.15, 0.2) is 0 Å². The zero-order chi connectivity index (χ0) is 8.27. The van der Waals surface area contributed by atoms with E-state index >= 15 is 0 Å². The highest BCUT2D eigenvalue weighted by Gasteiger charge is 1.99. The third-order valence-electron chi connectivity index (χ3n) is 1.62. The molecule has 0 spiro atoms. The first-order chi connectivity index (χ1) is 5.24. The Hall–Kier alpha value is -0.890. The third kappa shape index (κ3) is 2.02. The maximum atomic E-state index is 8.82. The largest absolute Gasteiger partial charge is 0.392 e. The standard InChI is InChI=1S/C9H13NO/c1-7(2)9-5-8(6-11)3-4-10-9/h3-5,7,11H,6H2,1-2H3. The Kier molecular flexibility index (Phi) is 2.60. The van der Waals surface area contributed by atoms with Crippen molar-refractivity contribution in [1.29, 1.82) is 0 Å². The second-order valence-corrected chi connectivity index (χ2v) is 2.90. The minimum absolute atomic E-state index is 0.0994. The van der Waals surface area contributed by atoms with Gasteiger partial charge in [-0.15, -0.1) is 0 Å². The van der Waals surface area contributed by atoms with Crippen LogP contribution in [-0.2, 0) is 6.61 Å². The highest BCUT2D eigenvalue weighted by atomic mass is 16.3. The van der Waals surface area contributed by atoms with E-state index in [2.05, 4.69) is 18.8 Å². The van der Waals surface area contributed by atoms with E-state index in [0.717, 1.165) is 11.3 Å². The number of nitrogens with zero attached hydrogens (tertiary/aromatic N) is 1. The lowest BCUT2D eigenvalue weighted by atomic mass is 10.1. The summed E-state index contributed by atoms with van der Waals surface area (Å²) in [5.74, 6) is 0.432. The second kappa shape index (κ2) is 3.49. The molecule has 0 aliphatic heterocycles. The van der Waals surface area contributed by atoms with Gasteiger partial charge in [0.1, 0.15) is 0 Å². The van der Waals surface area contributed by atoms with Gasteiger partial charge in [-0.05, 0) is 23.6 Å². The van der Waals surface area contributed by atoms with Crippen LogP contribution in [0.25, 0.3) is 0 Å². The van der Waals surface area contributed by atoms with Crippen LogP contribution in [0.15, 0.2) is 18.3 Å². The van der Waals surface area contributed by atoms with Crippen molar-refractivity contribution in [2.75, 3.05) is 0 Å². The minimum Gasteiger partial charge on any atom is -0.392 e. The lowest BCUT2D eigenvalue weighted by molar-refractivity contribution is 0.281. The molecule has 1 N–H and O–H groups in total. The van der Waals surface area contributed by atoms with Gasteiger partial charge in [-0.3, -0.25) is 4.98 Å². The lowest BCUT2D eigenvalue weighted by Gasteiger charge is -2.04. The van der Waals surface area contributed by atoms with E-state index in [4.69, 9.17) is 5.11 Å². The minimum atomic E-state index is 0.0994. The van der Waals surface area contributed by atoms with Crippen molar-refractivity contribution in [1.82, 2.24) is 4.98 Å². The molecule has 0 fully saturated rings. The molecule has 0 aromatic carbocycles. The molecule has 0 saturated carbocycles. The van der Waals surface area contributed by atoms with Crippen molar-refractivity contribution in [2.45, 2.75) is 26.4 Å². The van der Waals surface area contributed by atoms with Crippen LogP contribution in [0.3, 0.4) is 0 Å². The lowest BCUT2D eigenvalue weighted by Crippen LogP contribution is -1.93. The maximum absolute atomic E-state index is 8.82. The maximum Gasteiger partial charge on any atom is 0.0683 e.